The van der Waals surface area contributed by atoms with E-state index in [0.717, 1.165) is 34.9 Å². The van der Waals surface area contributed by atoms with Crippen LogP contribution in [0.2, 0.25) is 0 Å². The molecule has 4 rings (SSSR count). The number of nitrogens with zero attached hydrogens (tertiary/aromatic N) is 2. The number of H-pyrrole nitrogens is 1. The monoisotopic (exact) mass is 427 g/mol. The molecular formula is C21H21N3O5S. The molecule has 0 fully saturated rings. The van der Waals surface area contributed by atoms with Gasteiger partial charge >= 0.3 is 0 Å². The Hall–Kier alpha value is -3.33. The number of aromatic amines is 1. The van der Waals surface area contributed by atoms with Crippen molar-refractivity contribution < 1.29 is 18.1 Å². The fraction of sp³-hybridized carbons (Fsp3) is 0.238. The number of sulfone groups is 1. The van der Waals surface area contributed by atoms with Crippen LogP contribution < -0.4 is 9.64 Å². The first-order chi connectivity index (χ1) is 14.3. The number of benzene rings is 2. The molecule has 0 spiro atoms. The van der Waals surface area contributed by atoms with Crippen LogP contribution in [-0.2, 0) is 9.84 Å². The molecule has 0 saturated heterocycles. The molecule has 0 bridgehead atoms. The number of anilines is 1. The highest BCUT2D eigenvalue weighted by atomic mass is 32.2. The lowest BCUT2D eigenvalue weighted by Gasteiger charge is -2.28. The Bertz CT molecular complexity index is 1280. The summed E-state index contributed by atoms with van der Waals surface area (Å²) in [6.07, 6.45) is 5.83. The predicted molar refractivity (Wildman–Crippen MR) is 116 cm³/mol. The maximum atomic E-state index is 12.0. The van der Waals surface area contributed by atoms with Crippen LogP contribution in [0.15, 0.2) is 53.6 Å². The molecule has 3 aromatic rings. The van der Waals surface area contributed by atoms with Crippen LogP contribution >= 0.6 is 0 Å². The molecule has 0 unspecified atom stereocenters. The molecule has 1 N–H and O–H groups in total. The van der Waals surface area contributed by atoms with Crippen molar-refractivity contribution in [3.05, 3.63) is 64.3 Å². The van der Waals surface area contributed by atoms with Gasteiger partial charge in [-0.3, -0.25) is 10.1 Å². The molecule has 1 aliphatic heterocycles. The highest BCUT2D eigenvalue weighted by molar-refractivity contribution is 7.90. The van der Waals surface area contributed by atoms with Gasteiger partial charge in [0.05, 0.1) is 12.0 Å². The van der Waals surface area contributed by atoms with E-state index >= 15 is 0 Å². The Balaban J connectivity index is 1.64. The minimum atomic E-state index is -3.72. The Labute approximate surface area is 173 Å². The van der Waals surface area contributed by atoms with Crippen LogP contribution in [0.3, 0.4) is 0 Å². The van der Waals surface area contributed by atoms with Crippen LogP contribution in [-0.4, -0.2) is 44.8 Å². The van der Waals surface area contributed by atoms with E-state index < -0.39 is 20.4 Å². The van der Waals surface area contributed by atoms with Gasteiger partial charge < -0.3 is 14.6 Å². The number of nitro benzene ring substituents is 1. The summed E-state index contributed by atoms with van der Waals surface area (Å²) >= 11 is 0. The lowest BCUT2D eigenvalue weighted by Crippen LogP contribution is -2.28. The second kappa shape index (κ2) is 7.49. The molecule has 1 aromatic heterocycles. The first-order valence-electron chi connectivity index (χ1n) is 9.36. The van der Waals surface area contributed by atoms with Crippen LogP contribution in [0.5, 0.6) is 5.75 Å². The highest BCUT2D eigenvalue weighted by Gasteiger charge is 2.24. The molecule has 0 atom stereocenters. The number of hydrogen-bond acceptors (Lipinski definition) is 6. The van der Waals surface area contributed by atoms with Gasteiger partial charge in [0.15, 0.2) is 9.84 Å². The molecular weight excluding hydrogens is 406 g/mol. The molecule has 156 valence electrons. The average Bonchev–Trinajstić information content (AvgIpc) is 3.16. The first kappa shape index (κ1) is 20.0. The zero-order chi connectivity index (χ0) is 21.5. The first-order valence-corrected chi connectivity index (χ1v) is 11.2. The third kappa shape index (κ3) is 3.63. The standard InChI is InChI=1S/C21H21N3O5S/c1-29-16-4-5-19-17(12-16)18(13-22-19)14-7-9-23(10-8-14)15-3-6-20(24(25)26)21(11-15)30(2,27)28/h3-7,11-13,22H,8-10H2,1-2H3. The number of rotatable bonds is 5. The van der Waals surface area contributed by atoms with Crippen molar-refractivity contribution in [2.75, 3.05) is 31.4 Å². The van der Waals surface area contributed by atoms with Crippen molar-refractivity contribution in [2.45, 2.75) is 11.3 Å². The van der Waals surface area contributed by atoms with E-state index in [4.69, 9.17) is 4.74 Å². The summed E-state index contributed by atoms with van der Waals surface area (Å²) in [5.74, 6) is 0.792. The fourth-order valence-electron chi connectivity index (χ4n) is 3.79. The van der Waals surface area contributed by atoms with E-state index in [2.05, 4.69) is 11.1 Å². The largest absolute Gasteiger partial charge is 0.497 e. The quantitative estimate of drug-likeness (QED) is 0.491. The summed E-state index contributed by atoms with van der Waals surface area (Å²) in [5.41, 5.74) is 3.58. The number of hydrogen-bond donors (Lipinski definition) is 1. The SMILES string of the molecule is COc1ccc2[nH]cc(C3=CCN(c4ccc([N+](=O)[O-])c(S(C)(=O)=O)c4)CC3)c2c1. The number of nitro groups is 1. The zero-order valence-corrected chi connectivity index (χ0v) is 17.4. The van der Waals surface area contributed by atoms with Gasteiger partial charge in [0, 0.05) is 53.8 Å². The van der Waals surface area contributed by atoms with Crippen molar-refractivity contribution in [2.24, 2.45) is 0 Å². The Kier molecular flexibility index (Phi) is 4.98. The summed E-state index contributed by atoms with van der Waals surface area (Å²) in [5, 5.41) is 12.3. The summed E-state index contributed by atoms with van der Waals surface area (Å²) < 4.78 is 29.4. The minimum Gasteiger partial charge on any atom is -0.497 e. The van der Waals surface area contributed by atoms with Gasteiger partial charge in [-0.15, -0.1) is 0 Å². The van der Waals surface area contributed by atoms with Crippen molar-refractivity contribution in [1.82, 2.24) is 4.98 Å². The molecule has 30 heavy (non-hydrogen) atoms. The smallest absolute Gasteiger partial charge is 0.288 e. The van der Waals surface area contributed by atoms with E-state index in [1.807, 2.05) is 29.3 Å². The van der Waals surface area contributed by atoms with Crippen LogP contribution in [0.25, 0.3) is 16.5 Å². The number of methoxy groups -OCH3 is 1. The molecule has 0 saturated carbocycles. The molecule has 0 radical (unpaired) electrons. The van der Waals surface area contributed by atoms with Crippen LogP contribution in [0, 0.1) is 10.1 Å². The third-order valence-electron chi connectivity index (χ3n) is 5.35. The fourth-order valence-corrected chi connectivity index (χ4v) is 4.65. The van der Waals surface area contributed by atoms with Crippen molar-refractivity contribution in [1.29, 1.82) is 0 Å². The molecule has 0 amide bonds. The molecule has 2 heterocycles. The van der Waals surface area contributed by atoms with Gasteiger partial charge in [0.1, 0.15) is 10.6 Å². The Morgan fingerprint density at radius 2 is 2.00 bits per heavy atom. The molecule has 0 aliphatic carbocycles. The second-order valence-corrected chi connectivity index (χ2v) is 9.20. The van der Waals surface area contributed by atoms with Gasteiger partial charge in [-0.1, -0.05) is 6.08 Å². The second-order valence-electron chi connectivity index (χ2n) is 7.22. The van der Waals surface area contributed by atoms with Gasteiger partial charge in [-0.2, -0.15) is 0 Å². The number of fused-ring (bicyclic) bond motifs is 1. The normalized spacial score (nSPS) is 14.6. The predicted octanol–water partition coefficient (Wildman–Crippen LogP) is 3.78. The molecule has 1 aliphatic rings. The number of nitrogens with one attached hydrogen (secondary N) is 1. The van der Waals surface area contributed by atoms with Crippen molar-refractivity contribution in [3.63, 3.8) is 0 Å². The molecule has 9 heteroatoms. The highest BCUT2D eigenvalue weighted by Crippen LogP contribution is 2.34. The summed E-state index contributed by atoms with van der Waals surface area (Å²) in [6.45, 7) is 1.25. The van der Waals surface area contributed by atoms with Gasteiger partial charge in [-0.25, -0.2) is 8.42 Å². The van der Waals surface area contributed by atoms with Gasteiger partial charge in [0.2, 0.25) is 0 Å². The van der Waals surface area contributed by atoms with Crippen LogP contribution in [0.4, 0.5) is 11.4 Å². The zero-order valence-electron chi connectivity index (χ0n) is 16.6. The number of aromatic nitrogens is 1. The Morgan fingerprint density at radius 1 is 1.20 bits per heavy atom. The van der Waals surface area contributed by atoms with Gasteiger partial charge in [-0.05, 0) is 42.3 Å². The lowest BCUT2D eigenvalue weighted by atomic mass is 9.98. The minimum absolute atomic E-state index is 0.261. The van der Waals surface area contributed by atoms with Crippen molar-refractivity contribution >= 4 is 37.7 Å². The maximum Gasteiger partial charge on any atom is 0.288 e. The lowest BCUT2D eigenvalue weighted by molar-refractivity contribution is -0.387. The third-order valence-corrected chi connectivity index (χ3v) is 6.47. The van der Waals surface area contributed by atoms with Gasteiger partial charge in [0.25, 0.3) is 5.69 Å². The van der Waals surface area contributed by atoms with E-state index in [0.29, 0.717) is 18.8 Å². The van der Waals surface area contributed by atoms with E-state index in [1.54, 1.807) is 13.2 Å². The Morgan fingerprint density at radius 3 is 2.63 bits per heavy atom. The summed E-state index contributed by atoms with van der Waals surface area (Å²) in [4.78, 5) is 15.6. The van der Waals surface area contributed by atoms with E-state index in [1.165, 1.54) is 17.7 Å². The topological polar surface area (TPSA) is 106 Å². The molecule has 2 aromatic carbocycles. The van der Waals surface area contributed by atoms with Crippen LogP contribution in [0.1, 0.15) is 12.0 Å². The maximum absolute atomic E-state index is 12.0. The number of ether oxygens (including phenoxy) is 1. The average molecular weight is 427 g/mol. The molecule has 8 nitrogen and oxygen atoms in total. The summed E-state index contributed by atoms with van der Waals surface area (Å²) in [7, 11) is -2.08. The van der Waals surface area contributed by atoms with E-state index in [-0.39, 0.29) is 4.90 Å². The van der Waals surface area contributed by atoms with E-state index in [9.17, 15) is 18.5 Å². The summed E-state index contributed by atoms with van der Waals surface area (Å²) in [6, 6.07) is 10.1. The van der Waals surface area contributed by atoms with Crippen molar-refractivity contribution in [3.8, 4) is 5.75 Å².